The molecular formula is C18H18N4O2S2. The number of aromatic nitrogens is 3. The highest BCUT2D eigenvalue weighted by Gasteiger charge is 2.20. The van der Waals surface area contributed by atoms with Gasteiger partial charge in [0.15, 0.2) is 5.13 Å². The first-order chi connectivity index (χ1) is 12.7. The normalized spacial score (nSPS) is 16.3. The molecule has 0 bridgehead atoms. The van der Waals surface area contributed by atoms with Crippen LogP contribution in [0.4, 0.5) is 5.13 Å². The molecule has 1 unspecified atom stereocenters. The molecule has 134 valence electrons. The third-order valence-electron chi connectivity index (χ3n) is 4.19. The van der Waals surface area contributed by atoms with Gasteiger partial charge in [0, 0.05) is 10.4 Å². The van der Waals surface area contributed by atoms with Crippen LogP contribution in [0.3, 0.4) is 0 Å². The quantitative estimate of drug-likeness (QED) is 0.666. The number of anilines is 1. The van der Waals surface area contributed by atoms with Crippen molar-refractivity contribution in [3.05, 3.63) is 40.9 Å². The third-order valence-corrected chi connectivity index (χ3v) is 6.04. The van der Waals surface area contributed by atoms with Crippen molar-refractivity contribution in [1.82, 2.24) is 15.2 Å². The van der Waals surface area contributed by atoms with E-state index in [4.69, 9.17) is 4.42 Å². The molecule has 0 saturated heterocycles. The van der Waals surface area contributed by atoms with Crippen molar-refractivity contribution >= 4 is 34.1 Å². The lowest BCUT2D eigenvalue weighted by molar-refractivity contribution is -0.113. The van der Waals surface area contributed by atoms with Gasteiger partial charge < -0.3 is 9.73 Å². The summed E-state index contributed by atoms with van der Waals surface area (Å²) in [7, 11) is 0. The zero-order chi connectivity index (χ0) is 17.9. The first-order valence-electron chi connectivity index (χ1n) is 8.47. The monoisotopic (exact) mass is 386 g/mol. The van der Waals surface area contributed by atoms with E-state index in [-0.39, 0.29) is 11.7 Å². The van der Waals surface area contributed by atoms with Crippen LogP contribution in [0, 0.1) is 5.92 Å². The first-order valence-corrected chi connectivity index (χ1v) is 10.3. The highest BCUT2D eigenvalue weighted by atomic mass is 32.2. The Morgan fingerprint density at radius 2 is 2.19 bits per heavy atom. The summed E-state index contributed by atoms with van der Waals surface area (Å²) >= 11 is 2.81. The number of aryl methyl sites for hydroxylation is 1. The highest BCUT2D eigenvalue weighted by molar-refractivity contribution is 7.99. The number of fused-ring (bicyclic) bond motifs is 1. The lowest BCUT2D eigenvalue weighted by atomic mass is 9.93. The summed E-state index contributed by atoms with van der Waals surface area (Å²) in [5.74, 6) is 1.24. The molecule has 6 nitrogen and oxygen atoms in total. The minimum absolute atomic E-state index is 0.117. The summed E-state index contributed by atoms with van der Waals surface area (Å²) in [4.78, 5) is 18.0. The smallest absolute Gasteiger partial charge is 0.277 e. The molecule has 1 aliphatic rings. The third kappa shape index (κ3) is 3.96. The predicted octanol–water partition coefficient (Wildman–Crippen LogP) is 4.05. The van der Waals surface area contributed by atoms with Gasteiger partial charge in [0.1, 0.15) is 0 Å². The van der Waals surface area contributed by atoms with Crippen molar-refractivity contribution in [3.8, 4) is 11.5 Å². The second kappa shape index (κ2) is 7.59. The van der Waals surface area contributed by atoms with E-state index >= 15 is 0 Å². The molecule has 26 heavy (non-hydrogen) atoms. The maximum atomic E-state index is 12.2. The van der Waals surface area contributed by atoms with Gasteiger partial charge in [-0.3, -0.25) is 4.79 Å². The van der Waals surface area contributed by atoms with Crippen LogP contribution in [0.2, 0.25) is 0 Å². The Morgan fingerprint density at radius 3 is 3.04 bits per heavy atom. The largest absolute Gasteiger partial charge is 0.411 e. The van der Waals surface area contributed by atoms with Gasteiger partial charge in [-0.15, -0.1) is 21.5 Å². The van der Waals surface area contributed by atoms with Gasteiger partial charge >= 0.3 is 0 Å². The van der Waals surface area contributed by atoms with Gasteiger partial charge in [0.05, 0.1) is 11.4 Å². The Kier molecular flexibility index (Phi) is 5.03. The molecular weight excluding hydrogens is 368 g/mol. The van der Waals surface area contributed by atoms with Gasteiger partial charge in [-0.1, -0.05) is 36.9 Å². The fraction of sp³-hybridized carbons (Fsp3) is 0.333. The molecule has 4 rings (SSSR count). The topological polar surface area (TPSA) is 80.9 Å². The van der Waals surface area contributed by atoms with E-state index in [1.165, 1.54) is 23.1 Å². The van der Waals surface area contributed by atoms with Crippen LogP contribution in [0.25, 0.3) is 11.5 Å². The molecule has 1 atom stereocenters. The molecule has 0 aliphatic heterocycles. The van der Waals surface area contributed by atoms with Crippen molar-refractivity contribution in [2.24, 2.45) is 5.92 Å². The number of benzene rings is 1. The van der Waals surface area contributed by atoms with Gasteiger partial charge in [-0.2, -0.15) is 0 Å². The summed E-state index contributed by atoms with van der Waals surface area (Å²) in [5.41, 5.74) is 2.00. The summed E-state index contributed by atoms with van der Waals surface area (Å²) in [6.45, 7) is 2.26. The summed E-state index contributed by atoms with van der Waals surface area (Å²) in [5, 5.41) is 12.0. The standard InChI is InChI=1S/C18H18N4O2S2/c1-11-7-8-13-14(9-11)26-17(19-13)20-15(23)10-25-18-22-21-16(24-18)12-5-3-2-4-6-12/h2-6,11H,7-10H2,1H3,(H,19,20,23). The van der Waals surface area contributed by atoms with Gasteiger partial charge in [-0.05, 0) is 37.3 Å². The Morgan fingerprint density at radius 1 is 1.35 bits per heavy atom. The second-order valence-electron chi connectivity index (χ2n) is 6.31. The zero-order valence-corrected chi connectivity index (χ0v) is 15.9. The predicted molar refractivity (Wildman–Crippen MR) is 102 cm³/mol. The van der Waals surface area contributed by atoms with Crippen LogP contribution in [0.1, 0.15) is 23.9 Å². The van der Waals surface area contributed by atoms with Crippen LogP contribution >= 0.6 is 23.1 Å². The molecule has 8 heteroatoms. The maximum Gasteiger partial charge on any atom is 0.277 e. The Hall–Kier alpha value is -2.19. The summed E-state index contributed by atoms with van der Waals surface area (Å²) < 4.78 is 5.60. The lowest BCUT2D eigenvalue weighted by Gasteiger charge is -2.15. The molecule has 0 radical (unpaired) electrons. The van der Waals surface area contributed by atoms with E-state index in [9.17, 15) is 4.79 Å². The molecule has 0 saturated carbocycles. The molecule has 1 aliphatic carbocycles. The average molecular weight is 387 g/mol. The first kappa shape index (κ1) is 17.2. The summed E-state index contributed by atoms with van der Waals surface area (Å²) in [6.07, 6.45) is 3.23. The zero-order valence-electron chi connectivity index (χ0n) is 14.3. The van der Waals surface area contributed by atoms with Crippen molar-refractivity contribution in [1.29, 1.82) is 0 Å². The number of nitrogens with one attached hydrogen (secondary N) is 1. The molecule has 0 spiro atoms. The molecule has 1 N–H and O–H groups in total. The number of nitrogens with zero attached hydrogens (tertiary/aromatic N) is 3. The van der Waals surface area contributed by atoms with Crippen molar-refractivity contribution in [2.75, 3.05) is 11.1 Å². The average Bonchev–Trinajstić information content (AvgIpc) is 3.27. The number of carbonyl (C=O) groups excluding carboxylic acids is 1. The Balaban J connectivity index is 1.33. The van der Waals surface area contributed by atoms with E-state index in [0.29, 0.717) is 22.2 Å². The van der Waals surface area contributed by atoms with Crippen molar-refractivity contribution < 1.29 is 9.21 Å². The van der Waals surface area contributed by atoms with Crippen molar-refractivity contribution in [2.45, 2.75) is 31.4 Å². The van der Waals surface area contributed by atoms with Gasteiger partial charge in [0.25, 0.3) is 5.22 Å². The van der Waals surface area contributed by atoms with Gasteiger partial charge in [0.2, 0.25) is 11.8 Å². The fourth-order valence-corrected chi connectivity index (χ4v) is 4.59. The number of thiazole rings is 1. The Bertz CT molecular complexity index is 907. The molecule has 1 aromatic carbocycles. The molecule has 2 heterocycles. The maximum absolute atomic E-state index is 12.2. The van der Waals surface area contributed by atoms with E-state index in [0.717, 1.165) is 24.1 Å². The minimum atomic E-state index is -0.117. The van der Waals surface area contributed by atoms with E-state index < -0.39 is 0 Å². The lowest BCUT2D eigenvalue weighted by Crippen LogP contribution is -2.14. The van der Waals surface area contributed by atoms with E-state index in [1.54, 1.807) is 11.3 Å². The van der Waals surface area contributed by atoms with E-state index in [2.05, 4.69) is 27.4 Å². The van der Waals surface area contributed by atoms with Crippen LogP contribution in [0.15, 0.2) is 40.0 Å². The minimum Gasteiger partial charge on any atom is -0.411 e. The van der Waals surface area contributed by atoms with E-state index in [1.807, 2.05) is 30.3 Å². The van der Waals surface area contributed by atoms with Crippen LogP contribution < -0.4 is 5.32 Å². The summed E-state index contributed by atoms with van der Waals surface area (Å²) in [6, 6.07) is 9.55. The highest BCUT2D eigenvalue weighted by Crippen LogP contribution is 2.32. The number of hydrogen-bond donors (Lipinski definition) is 1. The fourth-order valence-electron chi connectivity index (χ4n) is 2.84. The van der Waals surface area contributed by atoms with Crippen LogP contribution in [-0.2, 0) is 17.6 Å². The van der Waals surface area contributed by atoms with Crippen LogP contribution in [0.5, 0.6) is 0 Å². The number of amides is 1. The molecule has 2 aromatic heterocycles. The SMILES string of the molecule is CC1CCc2nc(NC(=O)CSc3nnc(-c4ccccc4)o3)sc2C1. The number of carbonyl (C=O) groups is 1. The molecule has 3 aromatic rings. The molecule has 0 fully saturated rings. The Labute approximate surface area is 159 Å². The number of thioether (sulfide) groups is 1. The number of rotatable bonds is 5. The second-order valence-corrected chi connectivity index (χ2v) is 8.32. The number of hydrogen-bond acceptors (Lipinski definition) is 7. The molecule has 1 amide bonds. The van der Waals surface area contributed by atoms with Crippen LogP contribution in [-0.4, -0.2) is 26.8 Å². The van der Waals surface area contributed by atoms with Crippen molar-refractivity contribution in [3.63, 3.8) is 0 Å². The van der Waals surface area contributed by atoms with Gasteiger partial charge in [-0.25, -0.2) is 4.98 Å².